The Morgan fingerprint density at radius 3 is 1.56 bits per heavy atom. The molecule has 2 aliphatic rings. The Balaban J connectivity index is 0.000000160. The predicted molar refractivity (Wildman–Crippen MR) is 251 cm³/mol. The fourth-order valence-electron chi connectivity index (χ4n) is 8.60. The molecule has 2 saturated heterocycles. The third-order valence-electron chi connectivity index (χ3n) is 12.0. The number of aromatic amines is 3. The first-order chi connectivity index (χ1) is 30.3. The van der Waals surface area contributed by atoms with Crippen molar-refractivity contribution in [2.45, 2.75) is 13.1 Å². The molecule has 0 radical (unpaired) electrons. The van der Waals surface area contributed by atoms with E-state index in [0.29, 0.717) is 37.6 Å². The van der Waals surface area contributed by atoms with E-state index in [1.807, 2.05) is 60.7 Å². The van der Waals surface area contributed by atoms with Gasteiger partial charge in [-0.15, -0.1) is 0 Å². The largest absolute Gasteiger partial charge is 0.480 e. The molecule has 0 aliphatic carbocycles. The number of pyridine rings is 2. The number of hydrogen-bond acceptors (Lipinski definition) is 9. The van der Waals surface area contributed by atoms with E-state index in [1.54, 1.807) is 11.4 Å². The first-order valence-electron chi connectivity index (χ1n) is 20.9. The average molecular weight is 887 g/mol. The summed E-state index contributed by atoms with van der Waals surface area (Å²) in [6, 6.07) is 36.6. The zero-order chi connectivity index (χ0) is 43.9. The number of hydrogen-bond donors (Lipinski definition) is 3. The monoisotopic (exact) mass is 886 g/mol. The Labute approximate surface area is 366 Å². The molecule has 6 heterocycles. The minimum Gasteiger partial charge on any atom is -0.480 e. The fourth-order valence-corrected chi connectivity index (χ4v) is 10.3. The third-order valence-corrected chi connectivity index (χ3v) is 14.6. The van der Waals surface area contributed by atoms with Gasteiger partial charge in [0.15, 0.2) is 0 Å². The Bertz CT molecular complexity index is 3260. The van der Waals surface area contributed by atoms with Crippen LogP contribution in [0.4, 0.5) is 0 Å². The Kier molecular flexibility index (Phi) is 11.7. The highest BCUT2D eigenvalue weighted by Crippen LogP contribution is 2.34. The van der Waals surface area contributed by atoms with Crippen LogP contribution in [0.1, 0.15) is 11.1 Å². The van der Waals surface area contributed by atoms with Gasteiger partial charge >= 0.3 is 0 Å². The average Bonchev–Trinajstić information content (AvgIpc) is 3.90. The number of para-hydroxylation sites is 2. The maximum Gasteiger partial charge on any atom is 0.257 e. The van der Waals surface area contributed by atoms with Gasteiger partial charge in [0.1, 0.15) is 0 Å². The molecule has 63 heavy (non-hydrogen) atoms. The molecule has 4 aromatic carbocycles. The third kappa shape index (κ3) is 9.42. The number of rotatable bonds is 9. The topological polar surface area (TPSA) is 168 Å². The number of sulfonamides is 2. The number of ether oxygens (including phenoxy) is 1. The van der Waals surface area contributed by atoms with Crippen molar-refractivity contribution in [2.75, 3.05) is 72.0 Å². The molecule has 0 unspecified atom stereocenters. The van der Waals surface area contributed by atoms with Crippen LogP contribution >= 0.6 is 0 Å². The quantitative estimate of drug-likeness (QED) is 0.153. The molecule has 8 aromatic rings. The van der Waals surface area contributed by atoms with Crippen molar-refractivity contribution in [3.63, 3.8) is 0 Å². The minimum atomic E-state index is -3.12. The van der Waals surface area contributed by atoms with Gasteiger partial charge in [0, 0.05) is 98.2 Å². The summed E-state index contributed by atoms with van der Waals surface area (Å²) in [4.78, 5) is 31.7. The molecule has 3 N–H and O–H groups in total. The van der Waals surface area contributed by atoms with E-state index in [9.17, 15) is 21.6 Å². The fraction of sp³-hybridized carbons (Fsp3) is 0.277. The van der Waals surface area contributed by atoms with E-state index in [-0.39, 0.29) is 5.56 Å². The molecule has 10 rings (SSSR count). The normalized spacial score (nSPS) is 16.2. The summed E-state index contributed by atoms with van der Waals surface area (Å²) in [6.45, 7) is 6.63. The van der Waals surface area contributed by atoms with Crippen LogP contribution in [0.2, 0.25) is 0 Å². The smallest absolute Gasteiger partial charge is 0.257 e. The molecule has 0 saturated carbocycles. The van der Waals surface area contributed by atoms with Crippen LogP contribution in [0, 0.1) is 0 Å². The zero-order valence-electron chi connectivity index (χ0n) is 35.5. The van der Waals surface area contributed by atoms with Gasteiger partial charge in [0.2, 0.25) is 25.9 Å². The van der Waals surface area contributed by atoms with E-state index >= 15 is 0 Å². The standard InChI is InChI=1S/C24H26N4O3S.C23H24N4O3S/c1-31-24-20(14-18-5-3-4-6-21(18)26-24)23-15-19-13-17(7-8-22(19)25-23)16-27-9-11-28(12-10-27)32(2,29)30;1-31(29,30)27-10-8-26(9-11-27)15-16-6-7-21-18(12-16)14-22(24-21)19-13-17-4-2-3-5-20(17)25-23(19)28/h3-8,13-15,25H,9-12,16H2,1-2H3;2-7,12-14,24H,8-11,15H2,1H3,(H,25,28). The Morgan fingerprint density at radius 1 is 0.540 bits per heavy atom. The number of benzene rings is 4. The van der Waals surface area contributed by atoms with Crippen LogP contribution in [0.5, 0.6) is 5.88 Å². The number of methoxy groups -OCH3 is 1. The molecule has 0 spiro atoms. The van der Waals surface area contributed by atoms with Crippen molar-refractivity contribution in [1.82, 2.24) is 38.3 Å². The molecule has 0 bridgehead atoms. The van der Waals surface area contributed by atoms with E-state index in [1.165, 1.54) is 27.9 Å². The van der Waals surface area contributed by atoms with Crippen molar-refractivity contribution in [3.8, 4) is 28.4 Å². The Morgan fingerprint density at radius 2 is 1.02 bits per heavy atom. The van der Waals surface area contributed by atoms with Gasteiger partial charge in [-0.1, -0.05) is 48.5 Å². The molecule has 16 heteroatoms. The minimum absolute atomic E-state index is 0.116. The van der Waals surface area contributed by atoms with Crippen LogP contribution in [0.15, 0.2) is 114 Å². The number of nitrogens with zero attached hydrogens (tertiary/aromatic N) is 5. The molecule has 0 amide bonds. The zero-order valence-corrected chi connectivity index (χ0v) is 37.1. The van der Waals surface area contributed by atoms with Crippen molar-refractivity contribution in [3.05, 3.63) is 131 Å². The lowest BCUT2D eigenvalue weighted by atomic mass is 10.1. The highest BCUT2D eigenvalue weighted by Gasteiger charge is 2.25. The Hall–Kier alpha value is -5.88. The van der Waals surface area contributed by atoms with Gasteiger partial charge in [-0.25, -0.2) is 21.8 Å². The van der Waals surface area contributed by atoms with Gasteiger partial charge in [0.05, 0.1) is 47.7 Å². The second-order valence-electron chi connectivity index (χ2n) is 16.4. The van der Waals surface area contributed by atoms with E-state index in [2.05, 4.69) is 78.3 Å². The second-order valence-corrected chi connectivity index (χ2v) is 20.4. The number of nitrogens with one attached hydrogen (secondary N) is 3. The van der Waals surface area contributed by atoms with E-state index < -0.39 is 20.0 Å². The lowest BCUT2D eigenvalue weighted by molar-refractivity contribution is 0.182. The molecular formula is C47H50N8O6S2. The molecule has 4 aromatic heterocycles. The summed E-state index contributed by atoms with van der Waals surface area (Å²) in [7, 11) is -4.58. The summed E-state index contributed by atoms with van der Waals surface area (Å²) in [5.74, 6) is 0.597. The molecule has 326 valence electrons. The van der Waals surface area contributed by atoms with Gasteiger partial charge in [-0.05, 0) is 77.2 Å². The summed E-state index contributed by atoms with van der Waals surface area (Å²) in [6.07, 6.45) is 2.54. The molecule has 14 nitrogen and oxygen atoms in total. The maximum absolute atomic E-state index is 12.6. The van der Waals surface area contributed by atoms with Gasteiger partial charge < -0.3 is 19.7 Å². The number of aromatic nitrogens is 4. The van der Waals surface area contributed by atoms with Crippen LogP contribution in [-0.2, 0) is 33.1 Å². The van der Waals surface area contributed by atoms with E-state index in [0.717, 1.165) is 99.8 Å². The maximum atomic E-state index is 12.6. The highest BCUT2D eigenvalue weighted by atomic mass is 32.2. The first-order valence-corrected chi connectivity index (χ1v) is 24.6. The summed E-state index contributed by atoms with van der Waals surface area (Å²) in [5.41, 5.74) is 9.33. The van der Waals surface area contributed by atoms with Crippen molar-refractivity contribution < 1.29 is 21.6 Å². The van der Waals surface area contributed by atoms with Gasteiger partial charge in [-0.3, -0.25) is 14.6 Å². The molecular weight excluding hydrogens is 837 g/mol. The van der Waals surface area contributed by atoms with Crippen LogP contribution in [0.25, 0.3) is 66.1 Å². The molecule has 2 aliphatic heterocycles. The van der Waals surface area contributed by atoms with Crippen molar-refractivity contribution in [2.24, 2.45) is 0 Å². The van der Waals surface area contributed by atoms with Crippen molar-refractivity contribution >= 4 is 63.7 Å². The summed E-state index contributed by atoms with van der Waals surface area (Å²) in [5, 5.41) is 4.23. The first kappa shape index (κ1) is 42.4. The van der Waals surface area contributed by atoms with Gasteiger partial charge in [0.25, 0.3) is 5.56 Å². The lowest BCUT2D eigenvalue weighted by Gasteiger charge is -2.33. The number of H-pyrrole nitrogens is 3. The molecule has 0 atom stereocenters. The number of piperazine rings is 2. The van der Waals surface area contributed by atoms with Gasteiger partial charge in [-0.2, -0.15) is 8.61 Å². The SMILES string of the molecule is COc1nc2ccccc2cc1-c1cc2cc(CN3CCN(S(C)(=O)=O)CC3)ccc2[nH]1.CS(=O)(=O)N1CCN(Cc2ccc3[nH]c(-c4cc5ccccc5[nH]c4=O)cc3c2)CC1. The predicted octanol–water partition coefficient (Wildman–Crippen LogP) is 6.22. The number of fused-ring (bicyclic) bond motifs is 4. The summed E-state index contributed by atoms with van der Waals surface area (Å²) < 4.78 is 55.5. The second kappa shape index (κ2) is 17.4. The van der Waals surface area contributed by atoms with Crippen LogP contribution in [0.3, 0.4) is 0 Å². The van der Waals surface area contributed by atoms with E-state index in [4.69, 9.17) is 4.74 Å². The molecule has 2 fully saturated rings. The van der Waals surface area contributed by atoms with Crippen molar-refractivity contribution in [1.29, 1.82) is 0 Å². The lowest BCUT2D eigenvalue weighted by Crippen LogP contribution is -2.47. The highest BCUT2D eigenvalue weighted by molar-refractivity contribution is 7.88. The van der Waals surface area contributed by atoms with Crippen LogP contribution in [-0.4, -0.2) is 127 Å². The van der Waals surface area contributed by atoms with Crippen LogP contribution < -0.4 is 10.3 Å². The summed E-state index contributed by atoms with van der Waals surface area (Å²) >= 11 is 0.